The van der Waals surface area contributed by atoms with Crippen molar-refractivity contribution in [1.29, 1.82) is 0 Å². The Balaban J connectivity index is 1.72. The van der Waals surface area contributed by atoms with E-state index in [1.54, 1.807) is 0 Å². The second-order valence-corrected chi connectivity index (χ2v) is 6.56. The summed E-state index contributed by atoms with van der Waals surface area (Å²) in [4.78, 5) is 12.1. The van der Waals surface area contributed by atoms with Crippen molar-refractivity contribution in [3.8, 4) is 0 Å². The van der Waals surface area contributed by atoms with E-state index >= 15 is 0 Å². The van der Waals surface area contributed by atoms with Crippen LogP contribution in [0.15, 0.2) is 0 Å². The van der Waals surface area contributed by atoms with Crippen LogP contribution in [0, 0.1) is 5.92 Å². The van der Waals surface area contributed by atoms with Gasteiger partial charge in [0.2, 0.25) is 0 Å². The van der Waals surface area contributed by atoms with Gasteiger partial charge in [0.1, 0.15) is 0 Å². The molecule has 2 aliphatic rings. The molecule has 2 aliphatic carbocycles. The van der Waals surface area contributed by atoms with Crippen LogP contribution >= 0.6 is 0 Å². The monoisotopic (exact) mass is 282 g/mol. The summed E-state index contributed by atoms with van der Waals surface area (Å²) in [7, 11) is 0. The quantitative estimate of drug-likeness (QED) is 0.701. The van der Waals surface area contributed by atoms with Crippen molar-refractivity contribution in [1.82, 2.24) is 10.6 Å². The Hall–Kier alpha value is -0.770. The van der Waals surface area contributed by atoms with E-state index in [9.17, 15) is 9.90 Å². The molecule has 20 heavy (non-hydrogen) atoms. The molecule has 1 atom stereocenters. The molecule has 3 N–H and O–H groups in total. The minimum absolute atomic E-state index is 0.000562. The fourth-order valence-corrected chi connectivity index (χ4v) is 3.31. The van der Waals surface area contributed by atoms with Crippen LogP contribution < -0.4 is 10.6 Å². The normalized spacial score (nSPS) is 28.5. The molecule has 2 amide bonds. The summed E-state index contributed by atoms with van der Waals surface area (Å²) >= 11 is 0. The maximum atomic E-state index is 12.1. The maximum absolute atomic E-state index is 12.1. The van der Waals surface area contributed by atoms with E-state index in [1.165, 1.54) is 32.1 Å². The molecule has 0 aromatic carbocycles. The highest BCUT2D eigenvalue weighted by atomic mass is 16.3. The first-order chi connectivity index (χ1) is 9.69. The van der Waals surface area contributed by atoms with Crippen LogP contribution in [0.3, 0.4) is 0 Å². The predicted octanol–water partition coefficient (Wildman–Crippen LogP) is 2.95. The fraction of sp³-hybridized carbons (Fsp3) is 0.938. The first-order valence-electron chi connectivity index (χ1n) is 8.44. The lowest BCUT2D eigenvalue weighted by Gasteiger charge is -2.35. The zero-order valence-corrected chi connectivity index (χ0v) is 12.7. The van der Waals surface area contributed by atoms with Gasteiger partial charge >= 0.3 is 6.03 Å². The number of carbonyl (C=O) groups excluding carboxylic acids is 1. The summed E-state index contributed by atoms with van der Waals surface area (Å²) in [5.41, 5.74) is 0. The van der Waals surface area contributed by atoms with Gasteiger partial charge in [-0.25, -0.2) is 4.79 Å². The van der Waals surface area contributed by atoms with Gasteiger partial charge in [0, 0.05) is 12.1 Å². The van der Waals surface area contributed by atoms with Gasteiger partial charge in [-0.2, -0.15) is 0 Å². The lowest BCUT2D eigenvalue weighted by Crippen LogP contribution is -2.50. The largest absolute Gasteiger partial charge is 0.393 e. The Morgan fingerprint density at radius 1 is 1.20 bits per heavy atom. The predicted molar refractivity (Wildman–Crippen MR) is 80.6 cm³/mol. The van der Waals surface area contributed by atoms with Gasteiger partial charge in [-0.05, 0) is 50.9 Å². The molecule has 4 heteroatoms. The molecule has 0 spiro atoms. The van der Waals surface area contributed by atoms with Gasteiger partial charge < -0.3 is 15.7 Å². The van der Waals surface area contributed by atoms with Crippen LogP contribution in [-0.4, -0.2) is 29.3 Å². The van der Waals surface area contributed by atoms with Gasteiger partial charge in [-0.1, -0.05) is 26.2 Å². The van der Waals surface area contributed by atoms with Crippen molar-refractivity contribution in [2.45, 2.75) is 89.3 Å². The molecule has 2 rings (SSSR count). The molecule has 2 saturated carbocycles. The summed E-state index contributed by atoms with van der Waals surface area (Å²) in [6.45, 7) is 2.20. The highest BCUT2D eigenvalue weighted by Gasteiger charge is 2.29. The van der Waals surface area contributed by atoms with Gasteiger partial charge in [0.05, 0.1) is 6.10 Å². The van der Waals surface area contributed by atoms with Crippen molar-refractivity contribution < 1.29 is 9.90 Å². The zero-order valence-electron chi connectivity index (χ0n) is 12.7. The van der Waals surface area contributed by atoms with Crippen molar-refractivity contribution in [3.63, 3.8) is 0 Å². The zero-order chi connectivity index (χ0) is 14.4. The summed E-state index contributed by atoms with van der Waals surface area (Å²) in [5, 5.41) is 15.8. The van der Waals surface area contributed by atoms with E-state index in [2.05, 4.69) is 17.6 Å². The average Bonchev–Trinajstić information content (AvgIpc) is 2.36. The minimum atomic E-state index is -0.164. The second kappa shape index (κ2) is 7.87. The fourth-order valence-electron chi connectivity index (χ4n) is 3.31. The SMILES string of the molecule is CCCCC(NC(=O)NC1CCC(O)CC1)C1CCC1. The van der Waals surface area contributed by atoms with E-state index in [0.717, 1.165) is 32.1 Å². The van der Waals surface area contributed by atoms with Crippen LogP contribution in [0.4, 0.5) is 4.79 Å². The van der Waals surface area contributed by atoms with Gasteiger partial charge in [0.25, 0.3) is 0 Å². The third-order valence-corrected chi connectivity index (χ3v) is 4.94. The Morgan fingerprint density at radius 3 is 2.45 bits per heavy atom. The minimum Gasteiger partial charge on any atom is -0.393 e. The smallest absolute Gasteiger partial charge is 0.315 e. The number of amides is 2. The Morgan fingerprint density at radius 2 is 1.90 bits per heavy atom. The van der Waals surface area contributed by atoms with Crippen LogP contribution in [0.2, 0.25) is 0 Å². The average molecular weight is 282 g/mol. The third kappa shape index (κ3) is 4.65. The molecule has 0 radical (unpaired) electrons. The number of nitrogens with one attached hydrogen (secondary N) is 2. The number of hydrogen-bond donors (Lipinski definition) is 3. The molecule has 0 saturated heterocycles. The van der Waals surface area contributed by atoms with E-state index < -0.39 is 0 Å². The molecule has 0 aromatic heterocycles. The molecule has 0 aliphatic heterocycles. The first kappa shape index (κ1) is 15.6. The first-order valence-corrected chi connectivity index (χ1v) is 8.44. The third-order valence-electron chi connectivity index (χ3n) is 4.94. The molecule has 0 aromatic rings. The number of unbranched alkanes of at least 4 members (excludes halogenated alkanes) is 1. The van der Waals surface area contributed by atoms with Crippen LogP contribution in [0.5, 0.6) is 0 Å². The maximum Gasteiger partial charge on any atom is 0.315 e. The Bertz CT molecular complexity index is 297. The van der Waals surface area contributed by atoms with E-state index in [0.29, 0.717) is 12.0 Å². The summed E-state index contributed by atoms with van der Waals surface area (Å²) in [6, 6.07) is 0.601. The van der Waals surface area contributed by atoms with E-state index in [1.807, 2.05) is 0 Å². The Kier molecular flexibility index (Phi) is 6.14. The number of carbonyl (C=O) groups is 1. The molecule has 116 valence electrons. The molecule has 4 nitrogen and oxygen atoms in total. The molecule has 2 fully saturated rings. The summed E-state index contributed by atoms with van der Waals surface area (Å²) in [5.74, 6) is 0.695. The number of aliphatic hydroxyl groups is 1. The van der Waals surface area contributed by atoms with E-state index in [-0.39, 0.29) is 18.2 Å². The van der Waals surface area contributed by atoms with Gasteiger partial charge in [-0.3, -0.25) is 0 Å². The van der Waals surface area contributed by atoms with Crippen molar-refractivity contribution in [2.24, 2.45) is 5.92 Å². The Labute approximate surface area is 122 Å². The van der Waals surface area contributed by atoms with Crippen molar-refractivity contribution in [2.75, 3.05) is 0 Å². The molecule has 0 bridgehead atoms. The standard InChI is InChI=1S/C16H30N2O2/c1-2-3-7-15(12-5-4-6-12)18-16(20)17-13-8-10-14(19)11-9-13/h12-15,19H,2-11H2,1H3,(H2,17,18,20). The number of urea groups is 1. The van der Waals surface area contributed by atoms with Crippen LogP contribution in [0.1, 0.15) is 71.1 Å². The van der Waals surface area contributed by atoms with Crippen LogP contribution in [0.25, 0.3) is 0 Å². The molecule has 1 unspecified atom stereocenters. The second-order valence-electron chi connectivity index (χ2n) is 6.56. The topological polar surface area (TPSA) is 61.4 Å². The number of aliphatic hydroxyl groups excluding tert-OH is 1. The lowest BCUT2D eigenvalue weighted by molar-refractivity contribution is 0.117. The van der Waals surface area contributed by atoms with Gasteiger partial charge in [0.15, 0.2) is 0 Å². The molecular weight excluding hydrogens is 252 g/mol. The number of rotatable bonds is 6. The highest BCUT2D eigenvalue weighted by Crippen LogP contribution is 2.31. The molecular formula is C16H30N2O2. The molecule has 0 heterocycles. The van der Waals surface area contributed by atoms with Crippen LogP contribution in [-0.2, 0) is 0 Å². The van der Waals surface area contributed by atoms with Crippen molar-refractivity contribution in [3.05, 3.63) is 0 Å². The summed E-state index contributed by atoms with van der Waals surface area (Å²) in [6.07, 6.45) is 10.6. The lowest BCUT2D eigenvalue weighted by atomic mass is 9.78. The van der Waals surface area contributed by atoms with Gasteiger partial charge in [-0.15, -0.1) is 0 Å². The number of hydrogen-bond acceptors (Lipinski definition) is 2. The van der Waals surface area contributed by atoms with Crippen molar-refractivity contribution >= 4 is 6.03 Å². The van der Waals surface area contributed by atoms with E-state index in [4.69, 9.17) is 0 Å². The summed E-state index contributed by atoms with van der Waals surface area (Å²) < 4.78 is 0. The highest BCUT2D eigenvalue weighted by molar-refractivity contribution is 5.74.